The van der Waals surface area contributed by atoms with Crippen molar-refractivity contribution in [1.82, 2.24) is 9.78 Å². The molecule has 0 aliphatic heterocycles. The van der Waals surface area contributed by atoms with Gasteiger partial charge in [0.1, 0.15) is 0 Å². The lowest BCUT2D eigenvalue weighted by molar-refractivity contribution is -0.125. The van der Waals surface area contributed by atoms with Gasteiger partial charge in [-0.15, -0.1) is 0 Å². The predicted octanol–water partition coefficient (Wildman–Crippen LogP) is 2.22. The van der Waals surface area contributed by atoms with Crippen LogP contribution in [0.25, 0.3) is 0 Å². The van der Waals surface area contributed by atoms with Crippen molar-refractivity contribution in [2.45, 2.75) is 46.0 Å². The third-order valence-electron chi connectivity index (χ3n) is 4.22. The van der Waals surface area contributed by atoms with E-state index in [0.29, 0.717) is 11.5 Å². The number of carbonyl (C=O) groups is 1. The fourth-order valence-electron chi connectivity index (χ4n) is 2.86. The Kier molecular flexibility index (Phi) is 3.32. The van der Waals surface area contributed by atoms with E-state index in [9.17, 15) is 4.79 Å². The second-order valence-electron chi connectivity index (χ2n) is 5.27. The molecule has 3 N–H and O–H groups in total. The van der Waals surface area contributed by atoms with Gasteiger partial charge in [0.25, 0.3) is 0 Å². The number of anilines is 2. The molecule has 0 spiro atoms. The van der Waals surface area contributed by atoms with Crippen molar-refractivity contribution in [2.75, 3.05) is 11.1 Å². The second-order valence-corrected chi connectivity index (χ2v) is 5.27. The minimum atomic E-state index is -0.204. The molecule has 0 saturated heterocycles. The molecule has 1 aromatic rings. The molecule has 5 heteroatoms. The highest BCUT2D eigenvalue weighted by molar-refractivity contribution is 5.97. The number of aryl methyl sites for hydroxylation is 2. The molecule has 0 bridgehead atoms. The summed E-state index contributed by atoms with van der Waals surface area (Å²) in [7, 11) is 1.80. The van der Waals surface area contributed by atoms with Crippen molar-refractivity contribution in [3.8, 4) is 0 Å². The van der Waals surface area contributed by atoms with Crippen molar-refractivity contribution in [3.63, 3.8) is 0 Å². The van der Waals surface area contributed by atoms with Crippen LogP contribution in [0, 0.1) is 12.3 Å². The minimum absolute atomic E-state index is 0.0946. The van der Waals surface area contributed by atoms with Crippen molar-refractivity contribution < 1.29 is 4.79 Å². The Bertz CT molecular complexity index is 458. The van der Waals surface area contributed by atoms with Crippen molar-refractivity contribution >= 4 is 17.4 Å². The van der Waals surface area contributed by atoms with E-state index in [4.69, 9.17) is 5.73 Å². The average Bonchev–Trinajstić information content (AvgIpc) is 2.91. The van der Waals surface area contributed by atoms with Gasteiger partial charge in [0.05, 0.1) is 11.4 Å². The maximum Gasteiger partial charge on any atom is 0.231 e. The van der Waals surface area contributed by atoms with Crippen LogP contribution in [0.3, 0.4) is 0 Å². The zero-order valence-corrected chi connectivity index (χ0v) is 11.4. The lowest BCUT2D eigenvalue weighted by Gasteiger charge is -2.26. The van der Waals surface area contributed by atoms with E-state index in [1.54, 1.807) is 11.7 Å². The van der Waals surface area contributed by atoms with E-state index in [1.807, 2.05) is 6.92 Å². The summed E-state index contributed by atoms with van der Waals surface area (Å²) in [5.41, 5.74) is 7.05. The van der Waals surface area contributed by atoms with Crippen molar-refractivity contribution in [3.05, 3.63) is 5.69 Å². The van der Waals surface area contributed by atoms with E-state index in [1.165, 1.54) is 0 Å². The van der Waals surface area contributed by atoms with E-state index < -0.39 is 0 Å². The van der Waals surface area contributed by atoms with Gasteiger partial charge >= 0.3 is 0 Å². The first-order chi connectivity index (χ1) is 8.50. The van der Waals surface area contributed by atoms with Crippen LogP contribution >= 0.6 is 0 Å². The monoisotopic (exact) mass is 250 g/mol. The minimum Gasteiger partial charge on any atom is -0.394 e. The number of nitrogen functional groups attached to an aromatic ring is 1. The highest BCUT2D eigenvalue weighted by Crippen LogP contribution is 2.42. The van der Waals surface area contributed by atoms with Crippen LogP contribution in [0.5, 0.6) is 0 Å². The molecule has 5 nitrogen and oxygen atoms in total. The lowest BCUT2D eigenvalue weighted by atomic mass is 9.82. The van der Waals surface area contributed by atoms with Crippen LogP contribution in [0.1, 0.15) is 44.7 Å². The van der Waals surface area contributed by atoms with Crippen LogP contribution in [-0.2, 0) is 11.8 Å². The van der Waals surface area contributed by atoms with Gasteiger partial charge in [-0.2, -0.15) is 5.10 Å². The molecule has 0 aromatic carbocycles. The molecular weight excluding hydrogens is 228 g/mol. The standard InChI is InChI=1S/C13H22N4O/c1-4-13(7-5-6-8-13)12(18)15-11-10(14)9(2)16-17(11)3/h4-8,14H2,1-3H3,(H,15,18). The van der Waals surface area contributed by atoms with Gasteiger partial charge < -0.3 is 11.1 Å². The van der Waals surface area contributed by atoms with E-state index >= 15 is 0 Å². The number of hydrogen-bond acceptors (Lipinski definition) is 3. The Morgan fingerprint density at radius 2 is 2.11 bits per heavy atom. The van der Waals surface area contributed by atoms with Crippen LogP contribution in [0.4, 0.5) is 11.5 Å². The van der Waals surface area contributed by atoms with Crippen molar-refractivity contribution in [1.29, 1.82) is 0 Å². The average molecular weight is 250 g/mol. The molecule has 0 radical (unpaired) electrons. The van der Waals surface area contributed by atoms with Gasteiger partial charge in [0.15, 0.2) is 5.82 Å². The maximum atomic E-state index is 12.5. The quantitative estimate of drug-likeness (QED) is 0.864. The fraction of sp³-hybridized carbons (Fsp3) is 0.692. The Hall–Kier alpha value is -1.52. The maximum absolute atomic E-state index is 12.5. The number of rotatable bonds is 3. The Labute approximate surface area is 108 Å². The van der Waals surface area contributed by atoms with Gasteiger partial charge in [0, 0.05) is 12.5 Å². The van der Waals surface area contributed by atoms with Gasteiger partial charge in [-0.1, -0.05) is 19.8 Å². The fourth-order valence-corrected chi connectivity index (χ4v) is 2.86. The van der Waals surface area contributed by atoms with Gasteiger partial charge in [-0.3, -0.25) is 9.48 Å². The molecule has 1 aromatic heterocycles. The summed E-state index contributed by atoms with van der Waals surface area (Å²) in [5, 5.41) is 7.19. The highest BCUT2D eigenvalue weighted by atomic mass is 16.2. The van der Waals surface area contributed by atoms with Crippen LogP contribution in [-0.4, -0.2) is 15.7 Å². The molecule has 100 valence electrons. The molecule has 1 heterocycles. The molecule has 1 amide bonds. The Balaban J connectivity index is 2.21. The summed E-state index contributed by atoms with van der Waals surface area (Å²) in [6.45, 7) is 3.93. The SMILES string of the molecule is CCC1(C(=O)Nc2c(N)c(C)nn2C)CCCC1. The molecule has 1 fully saturated rings. The first-order valence-electron chi connectivity index (χ1n) is 6.60. The topological polar surface area (TPSA) is 72.9 Å². The Morgan fingerprint density at radius 3 is 2.56 bits per heavy atom. The smallest absolute Gasteiger partial charge is 0.231 e. The molecule has 1 aliphatic carbocycles. The summed E-state index contributed by atoms with van der Waals surface area (Å²) >= 11 is 0. The van der Waals surface area contributed by atoms with E-state index in [0.717, 1.165) is 37.8 Å². The zero-order chi connectivity index (χ0) is 13.3. The zero-order valence-electron chi connectivity index (χ0n) is 11.4. The van der Waals surface area contributed by atoms with Crippen LogP contribution < -0.4 is 11.1 Å². The molecule has 1 aliphatic rings. The van der Waals surface area contributed by atoms with E-state index in [2.05, 4.69) is 17.3 Å². The molecule has 1 saturated carbocycles. The number of nitrogens with zero attached hydrogens (tertiary/aromatic N) is 2. The lowest BCUT2D eigenvalue weighted by Crippen LogP contribution is -2.34. The van der Waals surface area contributed by atoms with Gasteiger partial charge in [-0.25, -0.2) is 0 Å². The molecule has 18 heavy (non-hydrogen) atoms. The number of aromatic nitrogens is 2. The number of amides is 1. The van der Waals surface area contributed by atoms with Gasteiger partial charge in [0.2, 0.25) is 5.91 Å². The molecular formula is C13H22N4O. The largest absolute Gasteiger partial charge is 0.394 e. The number of carbonyl (C=O) groups excluding carboxylic acids is 1. The van der Waals surface area contributed by atoms with E-state index in [-0.39, 0.29) is 11.3 Å². The summed E-state index contributed by atoms with van der Waals surface area (Å²) < 4.78 is 1.64. The number of hydrogen-bond donors (Lipinski definition) is 2. The summed E-state index contributed by atoms with van der Waals surface area (Å²) in [6.07, 6.45) is 5.12. The first kappa shape index (κ1) is 12.9. The number of nitrogens with two attached hydrogens (primary N) is 1. The summed E-state index contributed by atoms with van der Waals surface area (Å²) in [6, 6.07) is 0. The third kappa shape index (κ3) is 1.98. The van der Waals surface area contributed by atoms with Gasteiger partial charge in [-0.05, 0) is 26.2 Å². The summed E-state index contributed by atoms with van der Waals surface area (Å²) in [5.74, 6) is 0.717. The third-order valence-corrected chi connectivity index (χ3v) is 4.22. The normalized spacial score (nSPS) is 17.9. The Morgan fingerprint density at radius 1 is 1.50 bits per heavy atom. The van der Waals surface area contributed by atoms with Crippen LogP contribution in [0.2, 0.25) is 0 Å². The molecule has 2 rings (SSSR count). The van der Waals surface area contributed by atoms with Crippen LogP contribution in [0.15, 0.2) is 0 Å². The number of nitrogens with one attached hydrogen (secondary N) is 1. The predicted molar refractivity (Wildman–Crippen MR) is 72.2 cm³/mol. The first-order valence-corrected chi connectivity index (χ1v) is 6.60. The molecule has 0 unspecified atom stereocenters. The van der Waals surface area contributed by atoms with Crippen molar-refractivity contribution in [2.24, 2.45) is 12.5 Å². The molecule has 0 atom stereocenters. The second kappa shape index (κ2) is 4.63. The summed E-state index contributed by atoms with van der Waals surface area (Å²) in [4.78, 5) is 12.5. The highest BCUT2D eigenvalue weighted by Gasteiger charge is 2.39.